The molecule has 3 rings (SSSR count). The Labute approximate surface area is 108 Å². The van der Waals surface area contributed by atoms with Crippen LogP contribution in [0.3, 0.4) is 0 Å². The Morgan fingerprint density at radius 3 is 2.61 bits per heavy atom. The van der Waals surface area contributed by atoms with E-state index in [0.717, 1.165) is 24.7 Å². The van der Waals surface area contributed by atoms with E-state index >= 15 is 0 Å². The van der Waals surface area contributed by atoms with Gasteiger partial charge in [-0.15, -0.1) is 10.2 Å². The van der Waals surface area contributed by atoms with Crippen molar-refractivity contribution in [3.63, 3.8) is 0 Å². The summed E-state index contributed by atoms with van der Waals surface area (Å²) >= 11 is 0. The lowest BCUT2D eigenvalue weighted by Gasteiger charge is -2.34. The minimum absolute atomic E-state index is 0.478. The Hall–Kier alpha value is -0.940. The van der Waals surface area contributed by atoms with E-state index in [0.29, 0.717) is 24.6 Å². The molecule has 2 saturated carbocycles. The number of hydrogen-bond donors (Lipinski definition) is 1. The van der Waals surface area contributed by atoms with E-state index in [4.69, 9.17) is 10.5 Å². The normalized spacial score (nSPS) is 27.2. The molecule has 0 bridgehead atoms. The van der Waals surface area contributed by atoms with Gasteiger partial charge in [-0.25, -0.2) is 0 Å². The Balaban J connectivity index is 1.61. The first-order valence-electron chi connectivity index (χ1n) is 7.06. The smallest absolute Gasteiger partial charge is 0.147 e. The lowest BCUT2D eigenvalue weighted by molar-refractivity contribution is -0.0247. The molecule has 18 heavy (non-hydrogen) atoms. The van der Waals surface area contributed by atoms with Crippen molar-refractivity contribution in [1.29, 1.82) is 0 Å². The van der Waals surface area contributed by atoms with Crippen LogP contribution in [-0.4, -0.2) is 27.5 Å². The first kappa shape index (κ1) is 12.1. The molecule has 0 radical (unpaired) electrons. The second-order valence-corrected chi connectivity index (χ2v) is 5.46. The minimum atomic E-state index is 0.478. The molecule has 0 atom stereocenters. The van der Waals surface area contributed by atoms with Crippen molar-refractivity contribution in [2.24, 2.45) is 11.7 Å². The molecule has 2 aliphatic carbocycles. The minimum Gasteiger partial charge on any atom is -0.378 e. The first-order chi connectivity index (χ1) is 8.81. The monoisotopic (exact) mass is 250 g/mol. The maximum Gasteiger partial charge on any atom is 0.147 e. The Bertz CT molecular complexity index is 407. The van der Waals surface area contributed by atoms with E-state index < -0.39 is 0 Å². The third kappa shape index (κ3) is 2.29. The largest absolute Gasteiger partial charge is 0.378 e. The molecule has 2 fully saturated rings. The molecule has 1 aromatic rings. The van der Waals surface area contributed by atoms with Crippen molar-refractivity contribution in [2.45, 2.75) is 57.7 Å². The van der Waals surface area contributed by atoms with Gasteiger partial charge < -0.3 is 15.0 Å². The van der Waals surface area contributed by atoms with Crippen LogP contribution in [0.2, 0.25) is 0 Å². The van der Waals surface area contributed by atoms with Crippen molar-refractivity contribution >= 4 is 0 Å². The summed E-state index contributed by atoms with van der Waals surface area (Å²) in [5.41, 5.74) is 5.73. The summed E-state index contributed by atoms with van der Waals surface area (Å²) in [7, 11) is 0. The molecule has 1 aromatic heterocycles. The molecule has 0 aromatic carbocycles. The zero-order valence-corrected chi connectivity index (χ0v) is 11.0. The predicted molar refractivity (Wildman–Crippen MR) is 68.0 cm³/mol. The van der Waals surface area contributed by atoms with Gasteiger partial charge in [-0.1, -0.05) is 0 Å². The van der Waals surface area contributed by atoms with Gasteiger partial charge >= 0.3 is 0 Å². The highest BCUT2D eigenvalue weighted by Crippen LogP contribution is 2.38. The van der Waals surface area contributed by atoms with Crippen LogP contribution in [0.4, 0.5) is 0 Å². The van der Waals surface area contributed by atoms with Crippen molar-refractivity contribution in [3.05, 3.63) is 11.6 Å². The summed E-state index contributed by atoms with van der Waals surface area (Å²) in [4.78, 5) is 0. The lowest BCUT2D eigenvalue weighted by atomic mass is 9.80. The molecule has 100 valence electrons. The number of nitrogens with two attached hydrogens (primary N) is 1. The zero-order chi connectivity index (χ0) is 12.5. The second-order valence-electron chi connectivity index (χ2n) is 5.46. The first-order valence-corrected chi connectivity index (χ1v) is 7.06. The fraction of sp³-hybridized carbons (Fsp3) is 0.846. The second kappa shape index (κ2) is 4.97. The fourth-order valence-electron chi connectivity index (χ4n) is 2.86. The molecule has 5 nitrogen and oxygen atoms in total. The number of rotatable bonds is 6. The predicted octanol–water partition coefficient (Wildman–Crippen LogP) is 1.43. The summed E-state index contributed by atoms with van der Waals surface area (Å²) in [6.45, 7) is 3.38. The van der Waals surface area contributed by atoms with Crippen LogP contribution in [0.15, 0.2) is 0 Å². The van der Waals surface area contributed by atoms with Gasteiger partial charge in [-0.05, 0) is 38.5 Å². The van der Waals surface area contributed by atoms with Gasteiger partial charge in [0.05, 0.1) is 12.6 Å². The molecule has 0 aliphatic heterocycles. The molecule has 0 spiro atoms. The Kier molecular flexibility index (Phi) is 3.35. The number of ether oxygens (including phenoxy) is 1. The fourth-order valence-corrected chi connectivity index (χ4v) is 2.86. The standard InChI is InChI=1S/C13H22N4O/c1-2-18-11-5-9(6-11)7-12-15-16-13(8-14)17(12)10-3-4-10/h9-11H,2-8,14H2,1H3. The van der Waals surface area contributed by atoms with E-state index in [-0.39, 0.29) is 0 Å². The van der Waals surface area contributed by atoms with Crippen LogP contribution < -0.4 is 5.73 Å². The quantitative estimate of drug-likeness (QED) is 0.829. The Morgan fingerprint density at radius 2 is 2.00 bits per heavy atom. The summed E-state index contributed by atoms with van der Waals surface area (Å²) in [5, 5.41) is 8.55. The maximum absolute atomic E-state index is 5.73. The van der Waals surface area contributed by atoms with Crippen LogP contribution in [0.25, 0.3) is 0 Å². The van der Waals surface area contributed by atoms with Gasteiger partial charge in [-0.3, -0.25) is 0 Å². The third-order valence-corrected chi connectivity index (χ3v) is 4.00. The topological polar surface area (TPSA) is 66.0 Å². The highest BCUT2D eigenvalue weighted by Gasteiger charge is 2.34. The van der Waals surface area contributed by atoms with E-state index in [1.54, 1.807) is 0 Å². The number of nitrogens with zero attached hydrogens (tertiary/aromatic N) is 3. The van der Waals surface area contributed by atoms with Crippen LogP contribution in [-0.2, 0) is 17.7 Å². The van der Waals surface area contributed by atoms with E-state index in [1.807, 2.05) is 0 Å². The van der Waals surface area contributed by atoms with Gasteiger partial charge in [0.1, 0.15) is 11.6 Å². The SMILES string of the molecule is CCOC1CC(Cc2nnc(CN)n2C2CC2)C1. The van der Waals surface area contributed by atoms with E-state index in [9.17, 15) is 0 Å². The van der Waals surface area contributed by atoms with Gasteiger partial charge in [0.15, 0.2) is 0 Å². The summed E-state index contributed by atoms with van der Waals surface area (Å²) in [6.07, 6.45) is 6.36. The number of hydrogen-bond acceptors (Lipinski definition) is 4. The summed E-state index contributed by atoms with van der Waals surface area (Å²) in [5.74, 6) is 2.81. The Morgan fingerprint density at radius 1 is 1.28 bits per heavy atom. The van der Waals surface area contributed by atoms with E-state index in [1.165, 1.54) is 25.7 Å². The van der Waals surface area contributed by atoms with E-state index in [2.05, 4.69) is 21.7 Å². The van der Waals surface area contributed by atoms with Crippen LogP contribution in [0, 0.1) is 5.92 Å². The van der Waals surface area contributed by atoms with Crippen molar-refractivity contribution < 1.29 is 4.74 Å². The summed E-state index contributed by atoms with van der Waals surface area (Å²) in [6, 6.07) is 0.622. The molecule has 2 aliphatic rings. The van der Waals surface area contributed by atoms with Crippen LogP contribution in [0.5, 0.6) is 0 Å². The lowest BCUT2D eigenvalue weighted by Crippen LogP contribution is -2.33. The van der Waals surface area contributed by atoms with Crippen LogP contribution >= 0.6 is 0 Å². The van der Waals surface area contributed by atoms with Crippen LogP contribution in [0.1, 0.15) is 50.3 Å². The van der Waals surface area contributed by atoms with Crippen molar-refractivity contribution in [1.82, 2.24) is 14.8 Å². The molecular weight excluding hydrogens is 228 g/mol. The van der Waals surface area contributed by atoms with Gasteiger partial charge in [0.25, 0.3) is 0 Å². The molecule has 0 saturated heterocycles. The zero-order valence-electron chi connectivity index (χ0n) is 11.0. The summed E-state index contributed by atoms with van der Waals surface area (Å²) < 4.78 is 7.89. The van der Waals surface area contributed by atoms with Gasteiger partial charge in [-0.2, -0.15) is 0 Å². The molecule has 1 heterocycles. The average Bonchev–Trinajstić information content (AvgIpc) is 3.08. The highest BCUT2D eigenvalue weighted by atomic mass is 16.5. The molecule has 5 heteroatoms. The molecule has 2 N–H and O–H groups in total. The molecule has 0 amide bonds. The number of aromatic nitrogens is 3. The van der Waals surface area contributed by atoms with Crippen molar-refractivity contribution in [2.75, 3.05) is 6.61 Å². The van der Waals surface area contributed by atoms with Gasteiger partial charge in [0, 0.05) is 19.1 Å². The van der Waals surface area contributed by atoms with Gasteiger partial charge in [0.2, 0.25) is 0 Å². The average molecular weight is 250 g/mol. The molecular formula is C13H22N4O. The molecule has 0 unspecified atom stereocenters. The maximum atomic E-state index is 5.73. The van der Waals surface area contributed by atoms with Crippen molar-refractivity contribution in [3.8, 4) is 0 Å². The third-order valence-electron chi connectivity index (χ3n) is 4.00. The highest BCUT2D eigenvalue weighted by molar-refractivity contribution is 5.04.